The van der Waals surface area contributed by atoms with E-state index in [2.05, 4.69) is 40.6 Å². The summed E-state index contributed by atoms with van der Waals surface area (Å²) >= 11 is 12.9. The third kappa shape index (κ3) is 4.86. The van der Waals surface area contributed by atoms with Gasteiger partial charge in [-0.15, -0.1) is 5.10 Å². The molecule has 0 radical (unpaired) electrons. The summed E-state index contributed by atoms with van der Waals surface area (Å²) in [7, 11) is 0. The molecule has 0 fully saturated rings. The van der Waals surface area contributed by atoms with Gasteiger partial charge in [-0.2, -0.15) is 5.10 Å². The zero-order valence-electron chi connectivity index (χ0n) is 20.7. The number of aromatic nitrogens is 5. The first-order valence-corrected chi connectivity index (χ1v) is 13.6. The smallest absolute Gasteiger partial charge is 0.133 e. The maximum atomic E-state index is 12.8. The van der Waals surface area contributed by atoms with Crippen molar-refractivity contribution in [3.05, 3.63) is 105 Å². The van der Waals surface area contributed by atoms with E-state index in [0.717, 1.165) is 70.7 Å². The Kier molecular flexibility index (Phi) is 7.00. The molecule has 0 spiro atoms. The van der Waals surface area contributed by atoms with Crippen molar-refractivity contribution in [3.63, 3.8) is 0 Å². The lowest BCUT2D eigenvalue weighted by atomic mass is 9.97. The molecule has 0 amide bonds. The van der Waals surface area contributed by atoms with Crippen molar-refractivity contribution < 1.29 is 4.39 Å². The normalized spacial score (nSPS) is 12.7. The van der Waals surface area contributed by atoms with E-state index in [0.29, 0.717) is 23.0 Å². The van der Waals surface area contributed by atoms with Crippen LogP contribution >= 0.6 is 23.2 Å². The van der Waals surface area contributed by atoms with Gasteiger partial charge in [0.25, 0.3) is 0 Å². The number of benzene rings is 3. The Labute approximate surface area is 230 Å². The van der Waals surface area contributed by atoms with Crippen LogP contribution in [0, 0.1) is 0 Å². The molecular weight excluding hydrogens is 520 g/mol. The standard InChI is InChI=1S/C30H26Cl2FN5/c31-23-12-14-28(26(32)17-23)38-30-24-13-11-20(8-5-15-33)16-22(24)9-4-10-25(30)29(35-38)27-19-37(36-34-27)18-21-6-2-1-3-7-21/h1-3,6-7,11-14,16-17,19H,4-5,8-10,15,18H2. The highest BCUT2D eigenvalue weighted by atomic mass is 35.5. The van der Waals surface area contributed by atoms with E-state index in [1.165, 1.54) is 5.56 Å². The van der Waals surface area contributed by atoms with E-state index >= 15 is 0 Å². The van der Waals surface area contributed by atoms with Gasteiger partial charge in [0.1, 0.15) is 11.4 Å². The van der Waals surface area contributed by atoms with Crippen molar-refractivity contribution in [2.45, 2.75) is 38.6 Å². The van der Waals surface area contributed by atoms with E-state index in [1.807, 2.05) is 45.9 Å². The fourth-order valence-corrected chi connectivity index (χ4v) is 5.71. The van der Waals surface area contributed by atoms with Crippen LogP contribution in [0.15, 0.2) is 72.9 Å². The molecule has 0 atom stereocenters. The Morgan fingerprint density at radius 1 is 0.921 bits per heavy atom. The van der Waals surface area contributed by atoms with E-state index in [9.17, 15) is 4.39 Å². The number of nitrogens with zero attached hydrogens (tertiary/aromatic N) is 5. The van der Waals surface area contributed by atoms with Crippen molar-refractivity contribution in [2.24, 2.45) is 0 Å². The molecule has 0 aliphatic heterocycles. The van der Waals surface area contributed by atoms with Gasteiger partial charge in [0.2, 0.25) is 0 Å². The maximum Gasteiger partial charge on any atom is 0.133 e. The molecule has 0 bridgehead atoms. The first-order chi connectivity index (χ1) is 18.6. The lowest BCUT2D eigenvalue weighted by Gasteiger charge is -2.14. The first kappa shape index (κ1) is 24.8. The summed E-state index contributed by atoms with van der Waals surface area (Å²) in [6, 6.07) is 22.1. The predicted molar refractivity (Wildman–Crippen MR) is 150 cm³/mol. The van der Waals surface area contributed by atoms with Crippen molar-refractivity contribution in [1.29, 1.82) is 0 Å². The maximum absolute atomic E-state index is 12.8. The van der Waals surface area contributed by atoms with Crippen LogP contribution in [-0.4, -0.2) is 31.4 Å². The van der Waals surface area contributed by atoms with Crippen LogP contribution in [0.5, 0.6) is 0 Å². The van der Waals surface area contributed by atoms with Gasteiger partial charge in [0.05, 0.1) is 35.8 Å². The summed E-state index contributed by atoms with van der Waals surface area (Å²) in [6.45, 7) is 0.321. The molecule has 2 aromatic heterocycles. The predicted octanol–water partition coefficient (Wildman–Crippen LogP) is 7.54. The zero-order chi connectivity index (χ0) is 26.1. The van der Waals surface area contributed by atoms with Crippen LogP contribution < -0.4 is 0 Å². The van der Waals surface area contributed by atoms with Crippen LogP contribution in [0.25, 0.3) is 28.3 Å². The summed E-state index contributed by atoms with van der Waals surface area (Å²) in [4.78, 5) is 0. The monoisotopic (exact) mass is 545 g/mol. The van der Waals surface area contributed by atoms with Crippen molar-refractivity contribution in [2.75, 3.05) is 6.67 Å². The molecule has 0 unspecified atom stereocenters. The number of hydrogen-bond acceptors (Lipinski definition) is 3. The summed E-state index contributed by atoms with van der Waals surface area (Å²) in [6.07, 6.45) is 5.96. The van der Waals surface area contributed by atoms with Gasteiger partial charge in [-0.3, -0.25) is 4.39 Å². The molecule has 38 heavy (non-hydrogen) atoms. The topological polar surface area (TPSA) is 48.5 Å². The molecular formula is C30H26Cl2FN5. The average Bonchev–Trinajstić information content (AvgIpc) is 3.48. The molecule has 1 aliphatic rings. The molecule has 3 aromatic carbocycles. The van der Waals surface area contributed by atoms with Crippen LogP contribution in [0.4, 0.5) is 4.39 Å². The summed E-state index contributed by atoms with van der Waals surface area (Å²) in [5, 5.41) is 15.1. The minimum atomic E-state index is -0.308. The second kappa shape index (κ2) is 10.7. The molecule has 1 aliphatic carbocycles. The van der Waals surface area contributed by atoms with Crippen LogP contribution in [-0.2, 0) is 25.8 Å². The minimum Gasteiger partial charge on any atom is -0.251 e. The summed E-state index contributed by atoms with van der Waals surface area (Å²) in [5.41, 5.74) is 9.08. The number of halogens is 3. The highest BCUT2D eigenvalue weighted by molar-refractivity contribution is 6.35. The van der Waals surface area contributed by atoms with Gasteiger partial charge in [0.15, 0.2) is 0 Å². The zero-order valence-corrected chi connectivity index (χ0v) is 22.3. The molecule has 6 rings (SSSR count). The highest BCUT2D eigenvalue weighted by Crippen LogP contribution is 2.40. The average molecular weight is 546 g/mol. The second-order valence-corrected chi connectivity index (χ2v) is 10.5. The minimum absolute atomic E-state index is 0.308. The number of hydrogen-bond donors (Lipinski definition) is 0. The van der Waals surface area contributed by atoms with Crippen molar-refractivity contribution in [3.8, 4) is 28.3 Å². The highest BCUT2D eigenvalue weighted by Gasteiger charge is 2.27. The molecule has 5 aromatic rings. The molecule has 0 saturated heterocycles. The molecule has 2 heterocycles. The Balaban J connectivity index is 1.49. The number of fused-ring (bicyclic) bond motifs is 3. The van der Waals surface area contributed by atoms with E-state index in [1.54, 1.807) is 6.07 Å². The van der Waals surface area contributed by atoms with Crippen molar-refractivity contribution >= 4 is 23.2 Å². The SMILES string of the molecule is FCCCc1ccc2c(c1)CCCc1c(-c3cn(Cc4ccccc4)nn3)nn(-c3ccc(Cl)cc3Cl)c1-2. The largest absolute Gasteiger partial charge is 0.251 e. The van der Waals surface area contributed by atoms with E-state index in [-0.39, 0.29) is 6.67 Å². The number of rotatable bonds is 7. The van der Waals surface area contributed by atoms with Gasteiger partial charge in [-0.05, 0) is 67.0 Å². The number of alkyl halides is 1. The van der Waals surface area contributed by atoms with Crippen LogP contribution in [0.1, 0.15) is 35.1 Å². The molecule has 192 valence electrons. The Bertz CT molecular complexity index is 1590. The summed E-state index contributed by atoms with van der Waals surface area (Å²) in [5.74, 6) is 0. The lowest BCUT2D eigenvalue weighted by Crippen LogP contribution is -2.02. The van der Waals surface area contributed by atoms with Gasteiger partial charge in [0, 0.05) is 16.1 Å². The molecule has 0 saturated carbocycles. The van der Waals surface area contributed by atoms with Gasteiger partial charge < -0.3 is 0 Å². The van der Waals surface area contributed by atoms with E-state index in [4.69, 9.17) is 28.3 Å². The Hall–Kier alpha value is -3.48. The quantitative estimate of drug-likeness (QED) is 0.212. The van der Waals surface area contributed by atoms with Crippen LogP contribution in [0.2, 0.25) is 10.0 Å². The molecule has 8 heteroatoms. The van der Waals surface area contributed by atoms with Crippen molar-refractivity contribution in [1.82, 2.24) is 24.8 Å². The lowest BCUT2D eigenvalue weighted by molar-refractivity contribution is 0.473. The van der Waals surface area contributed by atoms with Gasteiger partial charge in [-0.1, -0.05) is 76.9 Å². The fourth-order valence-electron chi connectivity index (χ4n) is 5.22. The van der Waals surface area contributed by atoms with Crippen LogP contribution in [0.3, 0.4) is 0 Å². The summed E-state index contributed by atoms with van der Waals surface area (Å²) < 4.78 is 16.6. The Morgan fingerprint density at radius 2 is 1.79 bits per heavy atom. The molecule has 0 N–H and O–H groups in total. The first-order valence-electron chi connectivity index (χ1n) is 12.8. The van der Waals surface area contributed by atoms with Gasteiger partial charge in [-0.25, -0.2) is 9.36 Å². The number of aryl methyl sites for hydroxylation is 2. The van der Waals surface area contributed by atoms with Gasteiger partial charge >= 0.3 is 0 Å². The fraction of sp³-hybridized carbons (Fsp3) is 0.233. The third-order valence-electron chi connectivity index (χ3n) is 6.99. The molecule has 5 nitrogen and oxygen atoms in total. The Morgan fingerprint density at radius 3 is 2.61 bits per heavy atom. The third-order valence-corrected chi connectivity index (χ3v) is 7.52. The second-order valence-electron chi connectivity index (χ2n) is 9.61. The van der Waals surface area contributed by atoms with E-state index < -0.39 is 0 Å².